The first-order chi connectivity index (χ1) is 10.3. The third-order valence-electron chi connectivity index (χ3n) is 2.79. The summed E-state index contributed by atoms with van der Waals surface area (Å²) >= 11 is 0. The summed E-state index contributed by atoms with van der Waals surface area (Å²) in [5, 5.41) is 23.0. The van der Waals surface area contributed by atoms with E-state index < -0.39 is 0 Å². The number of aryl methyl sites for hydroxylation is 1. The lowest BCUT2D eigenvalue weighted by molar-refractivity contribution is 0.101. The standard InChI is InChI=1S/C12H12N8O/c1-2-9-14-11(16-15-9)12(21)13-8-5-3-4-7(6-8)10-17-19-20-18-10/h3-6H,2H2,1H3,(H,13,21)(H,14,15,16)(H,17,18,19,20). The van der Waals surface area contributed by atoms with Crippen molar-refractivity contribution >= 4 is 11.6 Å². The first kappa shape index (κ1) is 12.9. The number of hydrogen-bond donors (Lipinski definition) is 3. The number of amides is 1. The molecule has 0 unspecified atom stereocenters. The van der Waals surface area contributed by atoms with Crippen LogP contribution in [0.2, 0.25) is 0 Å². The van der Waals surface area contributed by atoms with Crippen molar-refractivity contribution in [3.63, 3.8) is 0 Å². The molecule has 0 spiro atoms. The molecule has 0 saturated carbocycles. The minimum Gasteiger partial charge on any atom is -0.319 e. The highest BCUT2D eigenvalue weighted by atomic mass is 16.2. The van der Waals surface area contributed by atoms with E-state index in [1.807, 2.05) is 13.0 Å². The Balaban J connectivity index is 1.78. The summed E-state index contributed by atoms with van der Waals surface area (Å²) in [6.07, 6.45) is 0.688. The van der Waals surface area contributed by atoms with E-state index in [4.69, 9.17) is 0 Å². The van der Waals surface area contributed by atoms with Gasteiger partial charge < -0.3 is 5.32 Å². The number of nitrogens with zero attached hydrogens (tertiary/aromatic N) is 5. The lowest BCUT2D eigenvalue weighted by Crippen LogP contribution is -2.13. The Morgan fingerprint density at radius 3 is 2.95 bits per heavy atom. The predicted molar refractivity (Wildman–Crippen MR) is 73.3 cm³/mol. The molecule has 3 aromatic rings. The molecule has 0 bridgehead atoms. The SMILES string of the molecule is CCc1nc(C(=O)Nc2cccc(-c3nn[nH]n3)c2)n[nH]1. The molecule has 3 N–H and O–H groups in total. The summed E-state index contributed by atoms with van der Waals surface area (Å²) in [7, 11) is 0. The molecule has 0 saturated heterocycles. The van der Waals surface area contributed by atoms with Gasteiger partial charge in [0.2, 0.25) is 11.6 Å². The van der Waals surface area contributed by atoms with Crippen LogP contribution in [0.1, 0.15) is 23.4 Å². The Morgan fingerprint density at radius 1 is 1.33 bits per heavy atom. The van der Waals surface area contributed by atoms with Gasteiger partial charge in [-0.15, -0.1) is 15.3 Å². The number of anilines is 1. The fourth-order valence-corrected chi connectivity index (χ4v) is 1.76. The van der Waals surface area contributed by atoms with Crippen molar-refractivity contribution in [2.24, 2.45) is 0 Å². The van der Waals surface area contributed by atoms with Crippen molar-refractivity contribution in [2.45, 2.75) is 13.3 Å². The van der Waals surface area contributed by atoms with Crippen LogP contribution in [0.4, 0.5) is 5.69 Å². The number of hydrogen-bond acceptors (Lipinski definition) is 6. The number of benzene rings is 1. The van der Waals surface area contributed by atoms with Crippen LogP contribution >= 0.6 is 0 Å². The number of aromatic nitrogens is 7. The fourth-order valence-electron chi connectivity index (χ4n) is 1.76. The Morgan fingerprint density at radius 2 is 2.24 bits per heavy atom. The van der Waals surface area contributed by atoms with Crippen LogP contribution in [0.5, 0.6) is 0 Å². The minimum atomic E-state index is -0.379. The maximum atomic E-state index is 12.0. The topological polar surface area (TPSA) is 125 Å². The molecule has 0 aliphatic rings. The third-order valence-corrected chi connectivity index (χ3v) is 2.79. The number of aromatic amines is 2. The van der Waals surface area contributed by atoms with E-state index in [1.165, 1.54) is 0 Å². The molecule has 0 aliphatic carbocycles. The molecule has 2 aromatic heterocycles. The number of carbonyl (C=O) groups is 1. The van der Waals surface area contributed by atoms with Crippen LogP contribution in [0.25, 0.3) is 11.4 Å². The van der Waals surface area contributed by atoms with Crippen molar-refractivity contribution < 1.29 is 4.79 Å². The highest BCUT2D eigenvalue weighted by Crippen LogP contribution is 2.18. The monoisotopic (exact) mass is 284 g/mol. The number of H-pyrrole nitrogens is 2. The van der Waals surface area contributed by atoms with E-state index in [0.29, 0.717) is 23.8 Å². The summed E-state index contributed by atoms with van der Waals surface area (Å²) in [4.78, 5) is 16.1. The molecular formula is C12H12N8O. The summed E-state index contributed by atoms with van der Waals surface area (Å²) in [5.41, 5.74) is 1.34. The van der Waals surface area contributed by atoms with Crippen molar-refractivity contribution in [1.82, 2.24) is 35.8 Å². The van der Waals surface area contributed by atoms with Gasteiger partial charge in [0.1, 0.15) is 5.82 Å². The van der Waals surface area contributed by atoms with Gasteiger partial charge in [0, 0.05) is 17.7 Å². The molecule has 0 aliphatic heterocycles. The molecule has 3 rings (SSSR count). The first-order valence-corrected chi connectivity index (χ1v) is 6.33. The van der Waals surface area contributed by atoms with E-state index in [1.54, 1.807) is 18.2 Å². The van der Waals surface area contributed by atoms with Gasteiger partial charge in [0.15, 0.2) is 0 Å². The Hall–Kier alpha value is -3.10. The molecule has 9 heteroatoms. The fraction of sp³-hybridized carbons (Fsp3) is 0.167. The van der Waals surface area contributed by atoms with Crippen LogP contribution < -0.4 is 5.32 Å². The molecule has 0 fully saturated rings. The predicted octanol–water partition coefficient (Wildman–Crippen LogP) is 0.799. The molecule has 106 valence electrons. The van der Waals surface area contributed by atoms with E-state index in [2.05, 4.69) is 41.1 Å². The highest BCUT2D eigenvalue weighted by molar-refractivity contribution is 6.01. The van der Waals surface area contributed by atoms with Crippen molar-refractivity contribution in [3.8, 4) is 11.4 Å². The normalized spacial score (nSPS) is 10.5. The van der Waals surface area contributed by atoms with Crippen molar-refractivity contribution in [1.29, 1.82) is 0 Å². The molecule has 1 aromatic carbocycles. The summed E-state index contributed by atoms with van der Waals surface area (Å²) in [6, 6.07) is 7.12. The highest BCUT2D eigenvalue weighted by Gasteiger charge is 2.12. The molecule has 21 heavy (non-hydrogen) atoms. The largest absolute Gasteiger partial charge is 0.319 e. The zero-order valence-corrected chi connectivity index (χ0v) is 11.2. The summed E-state index contributed by atoms with van der Waals surface area (Å²) in [6.45, 7) is 1.93. The smallest absolute Gasteiger partial charge is 0.295 e. The Bertz CT molecular complexity index is 748. The number of nitrogens with one attached hydrogen (secondary N) is 3. The van der Waals surface area contributed by atoms with Gasteiger partial charge in [0.05, 0.1) is 0 Å². The molecule has 2 heterocycles. The zero-order valence-electron chi connectivity index (χ0n) is 11.2. The number of tetrazole rings is 1. The van der Waals surface area contributed by atoms with E-state index >= 15 is 0 Å². The molecule has 0 radical (unpaired) electrons. The molecule has 1 amide bonds. The second-order valence-corrected chi connectivity index (χ2v) is 4.23. The summed E-state index contributed by atoms with van der Waals surface area (Å²) in [5.74, 6) is 0.853. The maximum Gasteiger partial charge on any atom is 0.295 e. The zero-order chi connectivity index (χ0) is 14.7. The lowest BCUT2D eigenvalue weighted by Gasteiger charge is -2.03. The van der Waals surface area contributed by atoms with Crippen molar-refractivity contribution in [3.05, 3.63) is 35.9 Å². The van der Waals surface area contributed by atoms with Crippen LogP contribution in [-0.2, 0) is 6.42 Å². The van der Waals surface area contributed by atoms with Crippen LogP contribution in [0.15, 0.2) is 24.3 Å². The Labute approximate surface area is 119 Å². The van der Waals surface area contributed by atoms with Gasteiger partial charge >= 0.3 is 0 Å². The van der Waals surface area contributed by atoms with Gasteiger partial charge in [-0.1, -0.05) is 19.1 Å². The van der Waals surface area contributed by atoms with E-state index in [0.717, 1.165) is 5.56 Å². The van der Waals surface area contributed by atoms with Crippen LogP contribution in [0, 0.1) is 0 Å². The maximum absolute atomic E-state index is 12.0. The van der Waals surface area contributed by atoms with Gasteiger partial charge in [-0.25, -0.2) is 4.98 Å². The average Bonchev–Trinajstić information content (AvgIpc) is 3.19. The minimum absolute atomic E-state index is 0.108. The molecule has 9 nitrogen and oxygen atoms in total. The van der Waals surface area contributed by atoms with E-state index in [-0.39, 0.29) is 11.7 Å². The van der Waals surface area contributed by atoms with Gasteiger partial charge in [-0.3, -0.25) is 9.89 Å². The average molecular weight is 284 g/mol. The van der Waals surface area contributed by atoms with E-state index in [9.17, 15) is 4.79 Å². The van der Waals surface area contributed by atoms with Gasteiger partial charge in [-0.2, -0.15) is 5.21 Å². The van der Waals surface area contributed by atoms with Gasteiger partial charge in [0.25, 0.3) is 5.91 Å². The third kappa shape index (κ3) is 2.76. The quantitative estimate of drug-likeness (QED) is 0.650. The van der Waals surface area contributed by atoms with Crippen LogP contribution in [0.3, 0.4) is 0 Å². The molecule has 0 atom stereocenters. The second kappa shape index (κ2) is 5.49. The Kier molecular flexibility index (Phi) is 3.37. The van der Waals surface area contributed by atoms with Gasteiger partial charge in [-0.05, 0) is 17.3 Å². The summed E-state index contributed by atoms with van der Waals surface area (Å²) < 4.78 is 0. The first-order valence-electron chi connectivity index (χ1n) is 6.33. The molecular weight excluding hydrogens is 272 g/mol. The van der Waals surface area contributed by atoms with Crippen molar-refractivity contribution in [2.75, 3.05) is 5.32 Å². The number of rotatable bonds is 4. The second-order valence-electron chi connectivity index (χ2n) is 4.23. The number of carbonyl (C=O) groups excluding carboxylic acids is 1. The van der Waals surface area contributed by atoms with Crippen LogP contribution in [-0.4, -0.2) is 41.7 Å². The lowest BCUT2D eigenvalue weighted by atomic mass is 10.2.